The fourth-order valence-electron chi connectivity index (χ4n) is 4.19. The second-order valence-electron chi connectivity index (χ2n) is 8.50. The highest BCUT2D eigenvalue weighted by molar-refractivity contribution is 7.18. The molecular formula is C21H25N5O2S. The number of carbonyl (C=O) groups excluding carboxylic acids is 1. The summed E-state index contributed by atoms with van der Waals surface area (Å²) in [7, 11) is 0. The van der Waals surface area contributed by atoms with Gasteiger partial charge in [0, 0.05) is 25.1 Å². The van der Waals surface area contributed by atoms with E-state index >= 15 is 0 Å². The number of hydrogen-bond acceptors (Lipinski definition) is 6. The second kappa shape index (κ2) is 7.18. The molecule has 1 aliphatic heterocycles. The number of aliphatic hydroxyl groups excluding tert-OH is 1. The molecule has 152 valence electrons. The minimum absolute atomic E-state index is 0.0203. The Morgan fingerprint density at radius 1 is 1.28 bits per heavy atom. The average molecular weight is 412 g/mol. The van der Waals surface area contributed by atoms with Gasteiger partial charge in [0.2, 0.25) is 5.91 Å². The first-order chi connectivity index (χ1) is 14.0. The summed E-state index contributed by atoms with van der Waals surface area (Å²) in [4.78, 5) is 20.2. The Morgan fingerprint density at radius 2 is 2.07 bits per heavy atom. The van der Waals surface area contributed by atoms with Gasteiger partial charge in [0.25, 0.3) is 0 Å². The first-order valence-electron chi connectivity index (χ1n) is 10.3. The van der Waals surface area contributed by atoms with E-state index in [2.05, 4.69) is 10.3 Å². The molecule has 1 N–H and O–H groups in total. The van der Waals surface area contributed by atoms with E-state index in [1.807, 2.05) is 44.3 Å². The first-order valence-corrected chi connectivity index (χ1v) is 11.1. The van der Waals surface area contributed by atoms with Gasteiger partial charge in [-0.05, 0) is 30.9 Å². The molecule has 1 saturated heterocycles. The quantitative estimate of drug-likeness (QED) is 0.696. The molecule has 3 atom stereocenters. The van der Waals surface area contributed by atoms with Gasteiger partial charge >= 0.3 is 0 Å². The average Bonchev–Trinajstić information content (AvgIpc) is 3.11. The zero-order valence-corrected chi connectivity index (χ0v) is 17.4. The van der Waals surface area contributed by atoms with Crippen LogP contribution >= 0.6 is 11.3 Å². The predicted octanol–water partition coefficient (Wildman–Crippen LogP) is 3.30. The number of amides is 1. The van der Waals surface area contributed by atoms with Crippen molar-refractivity contribution < 1.29 is 9.90 Å². The topological polar surface area (TPSA) is 84.1 Å². The molecule has 1 saturated carbocycles. The Labute approximate surface area is 173 Å². The lowest BCUT2D eigenvalue weighted by molar-refractivity contribution is -0.137. The summed E-state index contributed by atoms with van der Waals surface area (Å²) in [5, 5.41) is 19.8. The number of aliphatic hydroxyl groups is 1. The molecule has 3 aromatic rings. The van der Waals surface area contributed by atoms with Gasteiger partial charge < -0.3 is 10.0 Å². The van der Waals surface area contributed by atoms with Gasteiger partial charge in [0.15, 0.2) is 0 Å². The highest BCUT2D eigenvalue weighted by Crippen LogP contribution is 2.40. The van der Waals surface area contributed by atoms with Crippen LogP contribution in [0.5, 0.6) is 0 Å². The smallest absolute Gasteiger partial charge is 0.248 e. The fraction of sp³-hybridized carbons (Fsp3) is 0.524. The van der Waals surface area contributed by atoms with Crippen molar-refractivity contribution in [1.82, 2.24) is 24.9 Å². The second-order valence-corrected chi connectivity index (χ2v) is 9.56. The minimum Gasteiger partial charge on any atom is -0.391 e. The monoisotopic (exact) mass is 411 g/mol. The number of benzene rings is 1. The normalized spacial score (nSPS) is 23.2. The Balaban J connectivity index is 1.46. The highest BCUT2D eigenvalue weighted by Gasteiger charge is 2.41. The highest BCUT2D eigenvalue weighted by atomic mass is 32.1. The molecule has 29 heavy (non-hydrogen) atoms. The molecule has 1 aromatic carbocycles. The van der Waals surface area contributed by atoms with Crippen LogP contribution in [0.25, 0.3) is 10.2 Å². The van der Waals surface area contributed by atoms with E-state index in [4.69, 9.17) is 4.98 Å². The molecule has 2 aromatic heterocycles. The van der Waals surface area contributed by atoms with Gasteiger partial charge in [-0.3, -0.25) is 4.79 Å². The third-order valence-electron chi connectivity index (χ3n) is 5.85. The number of aromatic nitrogens is 4. The number of hydrogen-bond donors (Lipinski definition) is 1. The summed E-state index contributed by atoms with van der Waals surface area (Å²) in [5.74, 6) is 0.536. The SMILES string of the molecule is CC(C)[C@@H](C(=O)N1C[C@H](O)C[C@H]1c1nc2ccccc2s1)n1cc(C2CC2)nn1. The lowest BCUT2D eigenvalue weighted by Gasteiger charge is -2.29. The van der Waals surface area contributed by atoms with Crippen LogP contribution in [0, 0.1) is 5.92 Å². The number of para-hydroxylation sites is 1. The zero-order valence-electron chi connectivity index (χ0n) is 16.6. The maximum atomic E-state index is 13.6. The van der Waals surface area contributed by atoms with E-state index in [1.54, 1.807) is 20.9 Å². The minimum atomic E-state index is -0.540. The van der Waals surface area contributed by atoms with Crippen molar-refractivity contribution in [1.29, 1.82) is 0 Å². The Bertz CT molecular complexity index is 1010. The van der Waals surface area contributed by atoms with Gasteiger partial charge in [-0.15, -0.1) is 16.4 Å². The largest absolute Gasteiger partial charge is 0.391 e. The summed E-state index contributed by atoms with van der Waals surface area (Å²) < 4.78 is 2.82. The van der Waals surface area contributed by atoms with Gasteiger partial charge in [-0.25, -0.2) is 9.67 Å². The lowest BCUT2D eigenvalue weighted by Crippen LogP contribution is -2.40. The number of fused-ring (bicyclic) bond motifs is 1. The third-order valence-corrected chi connectivity index (χ3v) is 6.99. The standard InChI is InChI=1S/C21H25N5O2S/c1-12(2)19(26-11-16(23-24-26)13-7-8-13)21(28)25-10-14(27)9-17(25)20-22-15-5-3-4-6-18(15)29-20/h3-6,11-14,17,19,27H,7-10H2,1-2H3/t14-,17+,19+/m1/s1. The third kappa shape index (κ3) is 3.44. The molecule has 5 rings (SSSR count). The molecule has 3 heterocycles. The van der Waals surface area contributed by atoms with Crippen LogP contribution in [0.1, 0.15) is 61.8 Å². The van der Waals surface area contributed by atoms with Crippen LogP contribution in [0.3, 0.4) is 0 Å². The fourth-order valence-corrected chi connectivity index (χ4v) is 5.28. The molecular weight excluding hydrogens is 386 g/mol. The zero-order chi connectivity index (χ0) is 20.1. The van der Waals surface area contributed by atoms with Crippen LogP contribution in [-0.2, 0) is 4.79 Å². The summed E-state index contributed by atoms with van der Waals surface area (Å²) in [6, 6.07) is 7.35. The number of carbonyl (C=O) groups is 1. The summed E-state index contributed by atoms with van der Waals surface area (Å²) >= 11 is 1.60. The van der Waals surface area contributed by atoms with Crippen molar-refractivity contribution in [2.24, 2.45) is 5.92 Å². The summed E-state index contributed by atoms with van der Waals surface area (Å²) in [6.07, 6.45) is 4.20. The van der Waals surface area contributed by atoms with Crippen LogP contribution in [0.4, 0.5) is 0 Å². The molecule has 7 nitrogen and oxygen atoms in total. The van der Waals surface area contributed by atoms with Crippen LogP contribution in [0.2, 0.25) is 0 Å². The molecule has 8 heteroatoms. The van der Waals surface area contributed by atoms with Crippen LogP contribution in [0.15, 0.2) is 30.5 Å². The summed E-state index contributed by atoms with van der Waals surface area (Å²) in [6.45, 7) is 4.38. The Morgan fingerprint density at radius 3 is 2.79 bits per heavy atom. The van der Waals surface area contributed by atoms with E-state index in [0.717, 1.165) is 33.8 Å². The number of rotatable bonds is 5. The lowest BCUT2D eigenvalue weighted by atomic mass is 10.0. The van der Waals surface area contributed by atoms with Gasteiger partial charge in [0.05, 0.1) is 28.1 Å². The summed E-state index contributed by atoms with van der Waals surface area (Å²) in [5.41, 5.74) is 1.92. The van der Waals surface area contributed by atoms with E-state index in [1.165, 1.54) is 0 Å². The van der Waals surface area contributed by atoms with Gasteiger partial charge in [0.1, 0.15) is 11.0 Å². The van der Waals surface area contributed by atoms with Crippen molar-refractivity contribution in [3.63, 3.8) is 0 Å². The van der Waals surface area contributed by atoms with E-state index in [0.29, 0.717) is 18.9 Å². The maximum Gasteiger partial charge on any atom is 0.248 e. The van der Waals surface area contributed by atoms with Crippen molar-refractivity contribution in [3.8, 4) is 0 Å². The first kappa shape index (κ1) is 18.7. The van der Waals surface area contributed by atoms with E-state index in [-0.39, 0.29) is 17.9 Å². The van der Waals surface area contributed by atoms with Crippen LogP contribution in [-0.4, -0.2) is 48.5 Å². The number of nitrogens with zero attached hydrogens (tertiary/aromatic N) is 5. The molecule has 1 amide bonds. The maximum absolute atomic E-state index is 13.6. The molecule has 0 bridgehead atoms. The van der Waals surface area contributed by atoms with Crippen molar-refractivity contribution in [3.05, 3.63) is 41.2 Å². The van der Waals surface area contributed by atoms with Gasteiger partial charge in [-0.1, -0.05) is 31.2 Å². The van der Waals surface area contributed by atoms with Crippen molar-refractivity contribution in [2.75, 3.05) is 6.54 Å². The van der Waals surface area contributed by atoms with E-state index in [9.17, 15) is 9.90 Å². The number of β-amino-alcohol motifs (C(OH)–C–C–N with tert-alkyl or cyclic N) is 1. The molecule has 2 fully saturated rings. The molecule has 2 aliphatic rings. The molecule has 0 radical (unpaired) electrons. The molecule has 0 spiro atoms. The Kier molecular flexibility index (Phi) is 4.63. The molecule has 0 unspecified atom stereocenters. The van der Waals surface area contributed by atoms with Gasteiger partial charge in [-0.2, -0.15) is 0 Å². The predicted molar refractivity (Wildman–Crippen MR) is 111 cm³/mol. The number of likely N-dealkylation sites (tertiary alicyclic amines) is 1. The number of thiazole rings is 1. The molecule has 1 aliphatic carbocycles. The Hall–Kier alpha value is -2.32. The van der Waals surface area contributed by atoms with Crippen molar-refractivity contribution in [2.45, 2.75) is 57.2 Å². The van der Waals surface area contributed by atoms with Crippen LogP contribution < -0.4 is 0 Å². The van der Waals surface area contributed by atoms with Crippen molar-refractivity contribution >= 4 is 27.5 Å². The van der Waals surface area contributed by atoms with E-state index < -0.39 is 12.1 Å².